The summed E-state index contributed by atoms with van der Waals surface area (Å²) < 4.78 is 42.5. The Morgan fingerprint density at radius 1 is 1.40 bits per heavy atom. The molecule has 2 heterocycles. The number of nitrogens with zero attached hydrogens (tertiary/aromatic N) is 3. The second-order valence-corrected chi connectivity index (χ2v) is 6.51. The van der Waals surface area contributed by atoms with Crippen LogP contribution in [0.25, 0.3) is 0 Å². The number of hydrogen-bond acceptors (Lipinski definition) is 3. The number of hydrogen-bond donors (Lipinski definition) is 1. The van der Waals surface area contributed by atoms with E-state index in [0.29, 0.717) is 17.4 Å². The van der Waals surface area contributed by atoms with Crippen molar-refractivity contribution < 1.29 is 22.7 Å². The number of likely N-dealkylation sites (N-methyl/N-ethyl adjacent to an activating group) is 1. The minimum atomic E-state index is -4.40. The Balaban J connectivity index is 0.00000312. The topological polar surface area (TPSA) is 57.2 Å². The van der Waals surface area contributed by atoms with Crippen LogP contribution < -0.4 is 5.32 Å². The van der Waals surface area contributed by atoms with Crippen molar-refractivity contribution in [3.63, 3.8) is 0 Å². The van der Waals surface area contributed by atoms with E-state index in [1.54, 1.807) is 0 Å². The second kappa shape index (κ2) is 9.24. The summed E-state index contributed by atoms with van der Waals surface area (Å²) in [6.45, 7) is 4.09. The number of alkyl halides is 3. The summed E-state index contributed by atoms with van der Waals surface area (Å²) in [6.07, 6.45) is -2.39. The third-order valence-electron chi connectivity index (χ3n) is 4.46. The van der Waals surface area contributed by atoms with Crippen LogP contribution in [0.2, 0.25) is 0 Å². The van der Waals surface area contributed by atoms with Crippen LogP contribution in [0, 0.1) is 5.41 Å². The van der Waals surface area contributed by atoms with Crippen LogP contribution in [0.3, 0.4) is 0 Å². The van der Waals surface area contributed by atoms with E-state index in [1.807, 2.05) is 6.92 Å². The molecule has 6 nitrogen and oxygen atoms in total. The molecule has 0 aromatic carbocycles. The molecule has 0 aromatic rings. The molecule has 0 aliphatic carbocycles. The zero-order valence-electron chi connectivity index (χ0n) is 14.6. The highest BCUT2D eigenvalue weighted by Crippen LogP contribution is 2.38. The quantitative estimate of drug-likeness (QED) is 0.380. The number of nitrogens with one attached hydrogen (secondary N) is 1. The number of likely N-dealkylation sites (tertiary alicyclic amines) is 1. The van der Waals surface area contributed by atoms with Crippen LogP contribution in [0.15, 0.2) is 4.99 Å². The van der Waals surface area contributed by atoms with Gasteiger partial charge in [-0.1, -0.05) is 0 Å². The lowest BCUT2D eigenvalue weighted by Gasteiger charge is -2.25. The molecule has 0 radical (unpaired) electrons. The lowest BCUT2D eigenvalue weighted by atomic mass is 9.87. The molecule has 1 amide bonds. The summed E-state index contributed by atoms with van der Waals surface area (Å²) in [5.41, 5.74) is 0.146. The van der Waals surface area contributed by atoms with E-state index in [2.05, 4.69) is 15.2 Å². The molecular weight excluding hydrogens is 452 g/mol. The largest absolute Gasteiger partial charge is 0.406 e. The number of carbonyl (C=O) groups is 1. The standard InChI is InChI=1S/C15H25F3N4O2.HI/c1-3-19-13(20-8-12(23)21(2)10-15(16,17)18)22-6-4-14(9-22)5-7-24-11-14;/h3-11H2,1-2H3,(H,19,20);1H. The molecule has 1 atom stereocenters. The van der Waals surface area contributed by atoms with E-state index in [0.717, 1.165) is 46.2 Å². The zero-order chi connectivity index (χ0) is 17.8. The number of carbonyl (C=O) groups excluding carboxylic acids is 1. The Bertz CT molecular complexity index is 482. The van der Waals surface area contributed by atoms with Gasteiger partial charge in [0, 0.05) is 38.7 Å². The third kappa shape index (κ3) is 6.46. The molecule has 1 unspecified atom stereocenters. The summed E-state index contributed by atoms with van der Waals surface area (Å²) >= 11 is 0. The minimum Gasteiger partial charge on any atom is -0.381 e. The Hall–Kier alpha value is -0.780. The summed E-state index contributed by atoms with van der Waals surface area (Å²) in [5, 5.41) is 3.12. The third-order valence-corrected chi connectivity index (χ3v) is 4.46. The van der Waals surface area contributed by atoms with Gasteiger partial charge in [0.2, 0.25) is 5.91 Å². The second-order valence-electron chi connectivity index (χ2n) is 6.51. The van der Waals surface area contributed by atoms with Crippen molar-refractivity contribution in [2.75, 3.05) is 53.0 Å². The van der Waals surface area contributed by atoms with E-state index in [4.69, 9.17) is 4.74 Å². The highest BCUT2D eigenvalue weighted by Gasteiger charge is 2.42. The van der Waals surface area contributed by atoms with Crippen LogP contribution in [0.5, 0.6) is 0 Å². The fourth-order valence-corrected chi connectivity index (χ4v) is 3.13. The summed E-state index contributed by atoms with van der Waals surface area (Å²) in [4.78, 5) is 18.8. The average Bonchev–Trinajstić information content (AvgIpc) is 3.12. The number of guanidine groups is 1. The highest BCUT2D eigenvalue weighted by molar-refractivity contribution is 14.0. The molecule has 10 heteroatoms. The minimum absolute atomic E-state index is 0. The first-order valence-electron chi connectivity index (χ1n) is 8.16. The maximum Gasteiger partial charge on any atom is 0.406 e. The molecule has 1 N–H and O–H groups in total. The monoisotopic (exact) mass is 478 g/mol. The van der Waals surface area contributed by atoms with Gasteiger partial charge in [0.1, 0.15) is 13.1 Å². The van der Waals surface area contributed by atoms with Gasteiger partial charge in [0.25, 0.3) is 0 Å². The van der Waals surface area contributed by atoms with Crippen LogP contribution >= 0.6 is 24.0 Å². The summed E-state index contributed by atoms with van der Waals surface area (Å²) in [5.74, 6) is -0.0733. The molecule has 2 saturated heterocycles. The first-order valence-corrected chi connectivity index (χ1v) is 8.16. The molecule has 0 aromatic heterocycles. The van der Waals surface area contributed by atoms with Gasteiger partial charge in [0.15, 0.2) is 5.96 Å². The van der Waals surface area contributed by atoms with Gasteiger partial charge >= 0.3 is 6.18 Å². The molecule has 2 fully saturated rings. The van der Waals surface area contributed by atoms with Gasteiger partial charge in [-0.25, -0.2) is 4.99 Å². The van der Waals surface area contributed by atoms with Crippen molar-refractivity contribution in [1.82, 2.24) is 15.1 Å². The first-order chi connectivity index (χ1) is 11.2. The highest BCUT2D eigenvalue weighted by atomic mass is 127. The number of halogens is 4. The van der Waals surface area contributed by atoms with Gasteiger partial charge in [-0.2, -0.15) is 13.2 Å². The number of amides is 1. The number of aliphatic imine (C=N–C) groups is 1. The van der Waals surface area contributed by atoms with E-state index in [9.17, 15) is 18.0 Å². The van der Waals surface area contributed by atoms with E-state index >= 15 is 0 Å². The Kier molecular flexibility index (Phi) is 8.23. The van der Waals surface area contributed by atoms with Crippen molar-refractivity contribution in [2.45, 2.75) is 25.9 Å². The SMILES string of the molecule is CCNC(=NCC(=O)N(C)CC(F)(F)F)N1CCC2(CCOC2)C1.I. The van der Waals surface area contributed by atoms with Gasteiger partial charge in [0.05, 0.1) is 6.61 Å². The van der Waals surface area contributed by atoms with E-state index in [1.165, 1.54) is 0 Å². The number of rotatable bonds is 4. The Morgan fingerprint density at radius 3 is 2.68 bits per heavy atom. The van der Waals surface area contributed by atoms with Gasteiger partial charge in [-0.15, -0.1) is 24.0 Å². The lowest BCUT2D eigenvalue weighted by Crippen LogP contribution is -2.43. The molecule has 146 valence electrons. The fraction of sp³-hybridized carbons (Fsp3) is 0.867. The van der Waals surface area contributed by atoms with Crippen molar-refractivity contribution in [3.05, 3.63) is 0 Å². The van der Waals surface area contributed by atoms with Gasteiger partial charge in [-0.05, 0) is 19.8 Å². The summed E-state index contributed by atoms with van der Waals surface area (Å²) in [7, 11) is 1.14. The predicted molar refractivity (Wildman–Crippen MR) is 99.1 cm³/mol. The molecule has 1 spiro atoms. The molecule has 0 bridgehead atoms. The van der Waals surface area contributed by atoms with Crippen molar-refractivity contribution in [1.29, 1.82) is 0 Å². The molecular formula is C15H26F3IN4O2. The number of ether oxygens (including phenoxy) is 1. The molecule has 2 rings (SSSR count). The van der Waals surface area contributed by atoms with Crippen LogP contribution in [-0.4, -0.2) is 80.8 Å². The van der Waals surface area contributed by atoms with Crippen LogP contribution in [0.1, 0.15) is 19.8 Å². The maximum atomic E-state index is 12.3. The molecule has 2 aliphatic heterocycles. The first kappa shape index (κ1) is 22.3. The van der Waals surface area contributed by atoms with Crippen molar-refractivity contribution >= 4 is 35.8 Å². The average molecular weight is 478 g/mol. The van der Waals surface area contributed by atoms with Gasteiger partial charge < -0.3 is 19.9 Å². The Morgan fingerprint density at radius 2 is 2.12 bits per heavy atom. The van der Waals surface area contributed by atoms with Crippen LogP contribution in [0.4, 0.5) is 13.2 Å². The van der Waals surface area contributed by atoms with Crippen LogP contribution in [-0.2, 0) is 9.53 Å². The predicted octanol–water partition coefficient (Wildman–Crippen LogP) is 1.70. The van der Waals surface area contributed by atoms with Crippen molar-refractivity contribution in [3.8, 4) is 0 Å². The lowest BCUT2D eigenvalue weighted by molar-refractivity contribution is -0.157. The molecule has 0 saturated carbocycles. The Labute approximate surface area is 163 Å². The van der Waals surface area contributed by atoms with E-state index in [-0.39, 0.29) is 35.9 Å². The maximum absolute atomic E-state index is 12.3. The zero-order valence-corrected chi connectivity index (χ0v) is 16.9. The molecule has 2 aliphatic rings. The summed E-state index contributed by atoms with van der Waals surface area (Å²) in [6, 6.07) is 0. The molecule has 25 heavy (non-hydrogen) atoms. The smallest absolute Gasteiger partial charge is 0.381 e. The van der Waals surface area contributed by atoms with E-state index < -0.39 is 18.6 Å². The van der Waals surface area contributed by atoms with Crippen molar-refractivity contribution in [2.24, 2.45) is 10.4 Å². The van der Waals surface area contributed by atoms with Gasteiger partial charge in [-0.3, -0.25) is 4.79 Å². The normalized spacial score (nSPS) is 23.7. The fourth-order valence-electron chi connectivity index (χ4n) is 3.13.